The monoisotopic (exact) mass is 380 g/mol. The predicted molar refractivity (Wildman–Crippen MR) is 104 cm³/mol. The molecule has 3 aromatic rings. The fraction of sp³-hybridized carbons (Fsp3) is 0.174. The summed E-state index contributed by atoms with van der Waals surface area (Å²) in [5, 5.41) is 0. The second-order valence-electron chi connectivity index (χ2n) is 6.27. The molecule has 2 atom stereocenters. The number of para-hydroxylation sites is 1. The largest absolute Gasteiger partial charge is 0.461 e. The summed E-state index contributed by atoms with van der Waals surface area (Å²) in [4.78, 5) is 12.4. The summed E-state index contributed by atoms with van der Waals surface area (Å²) in [6, 6.07) is 22.2. The molecular weight excluding hydrogens is 359 g/mol. The maximum Gasteiger partial charge on any atom is 0.343 e. The van der Waals surface area contributed by atoms with E-state index >= 15 is 0 Å². The Hall–Kier alpha value is -3.18. The van der Waals surface area contributed by atoms with Gasteiger partial charge in [0.2, 0.25) is 6.29 Å². The van der Waals surface area contributed by atoms with Crippen molar-refractivity contribution in [3.05, 3.63) is 95.8 Å². The zero-order valence-corrected chi connectivity index (χ0v) is 15.7. The van der Waals surface area contributed by atoms with Gasteiger partial charge in [0.15, 0.2) is 11.6 Å². The summed E-state index contributed by atoms with van der Waals surface area (Å²) in [6.45, 7) is 1.93. The smallest absolute Gasteiger partial charge is 0.343 e. The molecule has 0 aliphatic rings. The van der Waals surface area contributed by atoms with Gasteiger partial charge in [0.1, 0.15) is 5.75 Å². The van der Waals surface area contributed by atoms with Gasteiger partial charge >= 0.3 is 5.97 Å². The molecule has 0 aromatic heterocycles. The molecule has 3 rings (SSSR count). The Morgan fingerprint density at radius 1 is 0.929 bits per heavy atom. The number of rotatable bonds is 7. The van der Waals surface area contributed by atoms with Gasteiger partial charge in [0.25, 0.3) is 0 Å². The molecule has 0 amide bonds. The number of ether oxygens (including phenoxy) is 3. The lowest BCUT2D eigenvalue weighted by molar-refractivity contribution is -0.0699. The SMILES string of the molecule is COC(Oc1cc(C(=O)Oc2ccccc2)ccc1F)C(C)c1ccccc1. The fourth-order valence-electron chi connectivity index (χ4n) is 2.77. The zero-order chi connectivity index (χ0) is 19.9. The van der Waals surface area contributed by atoms with Crippen molar-refractivity contribution in [2.24, 2.45) is 0 Å². The highest BCUT2D eigenvalue weighted by Crippen LogP contribution is 2.27. The maximum atomic E-state index is 14.3. The molecule has 0 spiro atoms. The second kappa shape index (κ2) is 9.15. The highest BCUT2D eigenvalue weighted by Gasteiger charge is 2.22. The van der Waals surface area contributed by atoms with E-state index < -0.39 is 18.1 Å². The van der Waals surface area contributed by atoms with Gasteiger partial charge in [-0.15, -0.1) is 0 Å². The third-order valence-corrected chi connectivity index (χ3v) is 4.33. The maximum absolute atomic E-state index is 14.3. The number of benzene rings is 3. The number of hydrogen-bond acceptors (Lipinski definition) is 4. The molecule has 0 heterocycles. The molecule has 0 aliphatic carbocycles. The summed E-state index contributed by atoms with van der Waals surface area (Å²) in [7, 11) is 1.50. The van der Waals surface area contributed by atoms with Crippen LogP contribution in [0.15, 0.2) is 78.9 Å². The number of esters is 1. The lowest BCUT2D eigenvalue weighted by atomic mass is 10.0. The van der Waals surface area contributed by atoms with E-state index in [2.05, 4.69) is 0 Å². The van der Waals surface area contributed by atoms with Crippen LogP contribution in [0.3, 0.4) is 0 Å². The van der Waals surface area contributed by atoms with Crippen LogP contribution < -0.4 is 9.47 Å². The lowest BCUT2D eigenvalue weighted by Gasteiger charge is -2.24. The normalized spacial score (nSPS) is 12.8. The van der Waals surface area contributed by atoms with Crippen molar-refractivity contribution in [2.45, 2.75) is 19.1 Å². The minimum absolute atomic E-state index is 0.0721. The molecule has 5 heteroatoms. The van der Waals surface area contributed by atoms with E-state index in [-0.39, 0.29) is 17.2 Å². The van der Waals surface area contributed by atoms with Crippen molar-refractivity contribution in [2.75, 3.05) is 7.11 Å². The van der Waals surface area contributed by atoms with Gasteiger partial charge in [-0.05, 0) is 35.9 Å². The molecule has 28 heavy (non-hydrogen) atoms. The number of halogens is 1. The van der Waals surface area contributed by atoms with Gasteiger partial charge in [-0.2, -0.15) is 0 Å². The van der Waals surface area contributed by atoms with Gasteiger partial charge < -0.3 is 14.2 Å². The van der Waals surface area contributed by atoms with Gasteiger partial charge in [-0.1, -0.05) is 55.5 Å². The highest BCUT2D eigenvalue weighted by atomic mass is 19.1. The van der Waals surface area contributed by atoms with Gasteiger partial charge in [0.05, 0.1) is 5.56 Å². The molecule has 0 saturated carbocycles. The molecule has 0 radical (unpaired) electrons. The molecule has 0 N–H and O–H groups in total. The third-order valence-electron chi connectivity index (χ3n) is 4.33. The van der Waals surface area contributed by atoms with Crippen molar-refractivity contribution >= 4 is 5.97 Å². The quantitative estimate of drug-likeness (QED) is 0.321. The van der Waals surface area contributed by atoms with Crippen molar-refractivity contribution in [1.29, 1.82) is 0 Å². The van der Waals surface area contributed by atoms with Crippen molar-refractivity contribution in [3.63, 3.8) is 0 Å². The number of carbonyl (C=O) groups is 1. The Morgan fingerprint density at radius 2 is 1.57 bits per heavy atom. The van der Waals surface area contributed by atoms with Crippen LogP contribution in [0.4, 0.5) is 4.39 Å². The molecule has 0 aliphatic heterocycles. The van der Waals surface area contributed by atoms with Crippen molar-refractivity contribution in [3.8, 4) is 11.5 Å². The molecule has 2 unspecified atom stereocenters. The van der Waals surface area contributed by atoms with E-state index in [1.807, 2.05) is 43.3 Å². The van der Waals surface area contributed by atoms with Gasteiger partial charge in [0, 0.05) is 13.0 Å². The van der Waals surface area contributed by atoms with Crippen LogP contribution in [0.5, 0.6) is 11.5 Å². The summed E-state index contributed by atoms with van der Waals surface area (Å²) >= 11 is 0. The van der Waals surface area contributed by atoms with Crippen molar-refractivity contribution < 1.29 is 23.4 Å². The number of hydrogen-bond donors (Lipinski definition) is 0. The fourth-order valence-corrected chi connectivity index (χ4v) is 2.77. The summed E-state index contributed by atoms with van der Waals surface area (Å²) < 4.78 is 30.7. The Kier molecular flexibility index (Phi) is 6.40. The molecule has 3 aromatic carbocycles. The Morgan fingerprint density at radius 3 is 2.21 bits per heavy atom. The third kappa shape index (κ3) is 4.75. The molecule has 4 nitrogen and oxygen atoms in total. The van der Waals surface area contributed by atoms with E-state index in [0.29, 0.717) is 5.75 Å². The summed E-state index contributed by atoms with van der Waals surface area (Å²) in [6.07, 6.45) is -0.725. The van der Waals surface area contributed by atoms with Crippen LogP contribution in [0.25, 0.3) is 0 Å². The summed E-state index contributed by atoms with van der Waals surface area (Å²) in [5.74, 6) is -0.992. The Balaban J connectivity index is 1.77. The first kappa shape index (κ1) is 19.6. The van der Waals surface area contributed by atoms with Crippen LogP contribution in [-0.4, -0.2) is 19.4 Å². The summed E-state index contributed by atoms with van der Waals surface area (Å²) in [5.41, 5.74) is 1.18. The lowest BCUT2D eigenvalue weighted by Crippen LogP contribution is -2.26. The van der Waals surface area contributed by atoms with E-state index in [1.54, 1.807) is 24.3 Å². The number of carbonyl (C=O) groups excluding carboxylic acids is 1. The Labute approximate surface area is 163 Å². The predicted octanol–water partition coefficient (Wildman–Crippen LogP) is 5.20. The van der Waals surface area contributed by atoms with Gasteiger partial charge in [-0.25, -0.2) is 9.18 Å². The van der Waals surface area contributed by atoms with Crippen LogP contribution in [0.1, 0.15) is 28.8 Å². The molecule has 144 valence electrons. The van der Waals surface area contributed by atoms with E-state index in [0.717, 1.165) is 5.56 Å². The van der Waals surface area contributed by atoms with E-state index in [9.17, 15) is 9.18 Å². The van der Waals surface area contributed by atoms with E-state index in [4.69, 9.17) is 14.2 Å². The van der Waals surface area contributed by atoms with E-state index in [1.165, 1.54) is 25.3 Å². The molecular formula is C23H21FO4. The number of methoxy groups -OCH3 is 1. The van der Waals surface area contributed by atoms with Crippen molar-refractivity contribution in [1.82, 2.24) is 0 Å². The standard InChI is InChI=1S/C23H21FO4/c1-16(17-9-5-3-6-10-17)23(26-2)28-21-15-18(13-14-20(21)24)22(25)27-19-11-7-4-8-12-19/h3-16,23H,1-2H3. The molecule has 0 saturated heterocycles. The van der Waals surface area contributed by atoms with Crippen LogP contribution in [0.2, 0.25) is 0 Å². The zero-order valence-electron chi connectivity index (χ0n) is 15.7. The minimum atomic E-state index is -0.725. The molecule has 0 fully saturated rings. The first-order valence-corrected chi connectivity index (χ1v) is 8.89. The van der Waals surface area contributed by atoms with Crippen LogP contribution in [-0.2, 0) is 4.74 Å². The first-order chi connectivity index (χ1) is 13.6. The molecule has 0 bridgehead atoms. The average molecular weight is 380 g/mol. The van der Waals surface area contributed by atoms with Crippen LogP contribution in [0, 0.1) is 5.82 Å². The highest BCUT2D eigenvalue weighted by molar-refractivity contribution is 5.91. The van der Waals surface area contributed by atoms with Gasteiger partial charge in [-0.3, -0.25) is 0 Å². The second-order valence-corrected chi connectivity index (χ2v) is 6.27. The topological polar surface area (TPSA) is 44.8 Å². The average Bonchev–Trinajstić information content (AvgIpc) is 2.74. The Bertz CT molecular complexity index is 912. The van der Waals surface area contributed by atoms with Crippen LogP contribution >= 0.6 is 0 Å². The first-order valence-electron chi connectivity index (χ1n) is 8.89. The minimum Gasteiger partial charge on any atom is -0.461 e.